The Morgan fingerprint density at radius 2 is 1.74 bits per heavy atom. The molecule has 7 nitrogen and oxygen atoms in total. The molecule has 0 unspecified atom stereocenters. The van der Waals surface area contributed by atoms with Crippen molar-refractivity contribution in [2.24, 2.45) is 5.73 Å². The lowest BCUT2D eigenvalue weighted by atomic mass is 10.1. The van der Waals surface area contributed by atoms with Crippen LogP contribution in [-0.2, 0) is 4.79 Å². The van der Waals surface area contributed by atoms with Crippen LogP contribution in [0.15, 0.2) is 58.2 Å². The molecule has 0 fully saturated rings. The van der Waals surface area contributed by atoms with E-state index in [1.807, 2.05) is 31.2 Å². The summed E-state index contributed by atoms with van der Waals surface area (Å²) in [6.45, 7) is 3.74. The summed E-state index contributed by atoms with van der Waals surface area (Å²) in [7, 11) is 0. The van der Waals surface area contributed by atoms with Crippen molar-refractivity contribution in [3.8, 4) is 11.5 Å². The molecule has 3 N–H and O–H groups in total. The average molecular weight is 382 g/mol. The molecule has 0 aliphatic rings. The van der Waals surface area contributed by atoms with Gasteiger partial charge >= 0.3 is 0 Å². The third-order valence-corrected chi connectivity index (χ3v) is 4.72. The number of primary amides is 1. The Hall–Kier alpha value is -3.13. The Bertz CT molecular complexity index is 952. The number of hydrogen-bond donors (Lipinski definition) is 2. The molecule has 0 aliphatic heterocycles. The van der Waals surface area contributed by atoms with Crippen molar-refractivity contribution in [2.45, 2.75) is 24.3 Å². The predicted octanol–water partition coefficient (Wildman–Crippen LogP) is 3.26. The van der Waals surface area contributed by atoms with Gasteiger partial charge in [0.2, 0.25) is 17.7 Å². The van der Waals surface area contributed by atoms with Gasteiger partial charge in [0, 0.05) is 16.8 Å². The fraction of sp³-hybridized carbons (Fsp3) is 0.158. The van der Waals surface area contributed by atoms with E-state index in [9.17, 15) is 9.59 Å². The summed E-state index contributed by atoms with van der Waals surface area (Å²) in [4.78, 5) is 23.4. The molecule has 0 aliphatic carbocycles. The molecule has 3 rings (SSSR count). The number of nitrogens with one attached hydrogen (secondary N) is 1. The van der Waals surface area contributed by atoms with Crippen molar-refractivity contribution in [3.05, 3.63) is 59.7 Å². The highest BCUT2D eigenvalue weighted by atomic mass is 32.2. The minimum absolute atomic E-state index is 0.220. The molecule has 3 aromatic rings. The van der Waals surface area contributed by atoms with Gasteiger partial charge in [0.05, 0.1) is 5.25 Å². The Kier molecular flexibility index (Phi) is 5.56. The van der Waals surface area contributed by atoms with Gasteiger partial charge in [0.1, 0.15) is 0 Å². The summed E-state index contributed by atoms with van der Waals surface area (Å²) in [6.07, 6.45) is 0. The number of anilines is 1. The zero-order chi connectivity index (χ0) is 19.4. The number of carbonyl (C=O) groups excluding carboxylic acids is 2. The lowest BCUT2D eigenvalue weighted by molar-refractivity contribution is -0.115. The molecule has 27 heavy (non-hydrogen) atoms. The maximum absolute atomic E-state index is 12.3. The van der Waals surface area contributed by atoms with Crippen LogP contribution in [0.1, 0.15) is 22.8 Å². The summed E-state index contributed by atoms with van der Waals surface area (Å²) >= 11 is 1.17. The Morgan fingerprint density at radius 1 is 1.07 bits per heavy atom. The standard InChI is InChI=1S/C19H18N4O3S/c1-11-3-5-14(6-4-11)18-22-23-19(26-18)27-12(2)17(25)21-15-9-7-13(8-10-15)16(20)24/h3-10,12H,1-2H3,(H2,20,24)(H,21,25)/t12-/m0/s1. The first-order valence-electron chi connectivity index (χ1n) is 8.20. The molecule has 0 radical (unpaired) electrons. The molecule has 1 heterocycles. The minimum atomic E-state index is -0.516. The van der Waals surface area contributed by atoms with Gasteiger partial charge in [-0.05, 0) is 50.2 Å². The highest BCUT2D eigenvalue weighted by molar-refractivity contribution is 8.00. The third kappa shape index (κ3) is 4.73. The Labute approximate surface area is 160 Å². The van der Waals surface area contributed by atoms with Gasteiger partial charge in [-0.1, -0.05) is 29.5 Å². The van der Waals surface area contributed by atoms with Gasteiger partial charge in [-0.3, -0.25) is 9.59 Å². The molecule has 1 atom stereocenters. The first kappa shape index (κ1) is 18.7. The number of benzene rings is 2. The van der Waals surface area contributed by atoms with E-state index in [4.69, 9.17) is 10.2 Å². The lowest BCUT2D eigenvalue weighted by Gasteiger charge is -2.10. The van der Waals surface area contributed by atoms with Crippen LogP contribution in [0, 0.1) is 6.92 Å². The van der Waals surface area contributed by atoms with Crippen molar-refractivity contribution >= 4 is 29.3 Å². The second kappa shape index (κ2) is 8.05. The number of amides is 2. The van der Waals surface area contributed by atoms with Crippen molar-refractivity contribution < 1.29 is 14.0 Å². The monoisotopic (exact) mass is 382 g/mol. The van der Waals surface area contributed by atoms with E-state index in [1.54, 1.807) is 31.2 Å². The highest BCUT2D eigenvalue weighted by Gasteiger charge is 2.19. The van der Waals surface area contributed by atoms with Gasteiger partial charge in [-0.15, -0.1) is 10.2 Å². The average Bonchev–Trinajstić information content (AvgIpc) is 3.11. The SMILES string of the molecule is Cc1ccc(-c2nnc(S[C@@H](C)C(=O)Nc3ccc(C(N)=O)cc3)o2)cc1. The van der Waals surface area contributed by atoms with Gasteiger partial charge < -0.3 is 15.5 Å². The van der Waals surface area contributed by atoms with Crippen molar-refractivity contribution in [3.63, 3.8) is 0 Å². The predicted molar refractivity (Wildman–Crippen MR) is 103 cm³/mol. The second-order valence-corrected chi connectivity index (χ2v) is 7.22. The lowest BCUT2D eigenvalue weighted by Crippen LogP contribution is -2.22. The summed E-state index contributed by atoms with van der Waals surface area (Å²) in [6, 6.07) is 14.1. The molecule has 0 saturated heterocycles. The quantitative estimate of drug-likeness (QED) is 0.633. The normalized spacial score (nSPS) is 11.8. The zero-order valence-corrected chi connectivity index (χ0v) is 15.6. The molecular formula is C19H18N4O3S. The number of carbonyl (C=O) groups is 2. The molecular weight excluding hydrogens is 364 g/mol. The van der Waals surface area contributed by atoms with Crippen LogP contribution in [0.5, 0.6) is 0 Å². The number of aromatic nitrogens is 2. The van der Waals surface area contributed by atoms with Crippen molar-refractivity contribution in [2.75, 3.05) is 5.32 Å². The van der Waals surface area contributed by atoms with Crippen LogP contribution in [0.25, 0.3) is 11.5 Å². The number of nitrogens with zero attached hydrogens (tertiary/aromatic N) is 2. The van der Waals surface area contributed by atoms with Gasteiger partial charge in [0.15, 0.2) is 0 Å². The number of aryl methyl sites for hydroxylation is 1. The van der Waals surface area contributed by atoms with Gasteiger partial charge in [-0.2, -0.15) is 0 Å². The van der Waals surface area contributed by atoms with E-state index in [-0.39, 0.29) is 5.91 Å². The molecule has 2 aromatic carbocycles. The number of hydrogen-bond acceptors (Lipinski definition) is 6. The Balaban J connectivity index is 1.61. The van der Waals surface area contributed by atoms with E-state index < -0.39 is 11.2 Å². The van der Waals surface area contributed by atoms with Crippen molar-refractivity contribution in [1.82, 2.24) is 10.2 Å². The molecule has 0 spiro atoms. The van der Waals surface area contributed by atoms with Crippen LogP contribution >= 0.6 is 11.8 Å². The van der Waals surface area contributed by atoms with Crippen LogP contribution < -0.4 is 11.1 Å². The number of rotatable bonds is 6. The zero-order valence-electron chi connectivity index (χ0n) is 14.8. The summed E-state index contributed by atoms with van der Waals surface area (Å²) < 4.78 is 5.63. The Morgan fingerprint density at radius 3 is 2.37 bits per heavy atom. The summed E-state index contributed by atoms with van der Waals surface area (Å²) in [5.74, 6) is -0.327. The minimum Gasteiger partial charge on any atom is -0.411 e. The molecule has 0 saturated carbocycles. The topological polar surface area (TPSA) is 111 Å². The summed E-state index contributed by atoms with van der Waals surface area (Å²) in [5, 5.41) is 10.7. The first-order chi connectivity index (χ1) is 12.9. The summed E-state index contributed by atoms with van der Waals surface area (Å²) in [5.41, 5.74) is 8.12. The van der Waals surface area contributed by atoms with E-state index in [1.165, 1.54) is 11.8 Å². The number of nitrogens with two attached hydrogens (primary N) is 1. The molecule has 0 bridgehead atoms. The molecule has 8 heteroatoms. The fourth-order valence-corrected chi connectivity index (χ4v) is 2.92. The molecule has 138 valence electrons. The number of thioether (sulfide) groups is 1. The molecule has 1 aromatic heterocycles. The smallest absolute Gasteiger partial charge is 0.277 e. The van der Waals surface area contributed by atoms with Crippen molar-refractivity contribution in [1.29, 1.82) is 0 Å². The van der Waals surface area contributed by atoms with E-state index in [0.29, 0.717) is 22.4 Å². The largest absolute Gasteiger partial charge is 0.411 e. The fourth-order valence-electron chi connectivity index (χ4n) is 2.24. The van der Waals surface area contributed by atoms with E-state index in [0.717, 1.165) is 11.1 Å². The van der Waals surface area contributed by atoms with E-state index >= 15 is 0 Å². The van der Waals surface area contributed by atoms with Crippen LogP contribution in [0.2, 0.25) is 0 Å². The maximum Gasteiger partial charge on any atom is 0.277 e. The maximum atomic E-state index is 12.3. The van der Waals surface area contributed by atoms with Crippen LogP contribution in [0.3, 0.4) is 0 Å². The second-order valence-electron chi connectivity index (χ2n) is 5.93. The van der Waals surface area contributed by atoms with Gasteiger partial charge in [0.25, 0.3) is 5.22 Å². The molecule has 2 amide bonds. The third-order valence-electron chi connectivity index (χ3n) is 3.79. The van der Waals surface area contributed by atoms with E-state index in [2.05, 4.69) is 15.5 Å². The van der Waals surface area contributed by atoms with Gasteiger partial charge in [-0.25, -0.2) is 0 Å². The highest BCUT2D eigenvalue weighted by Crippen LogP contribution is 2.27. The first-order valence-corrected chi connectivity index (χ1v) is 9.08. The van der Waals surface area contributed by atoms with Crippen LogP contribution in [0.4, 0.5) is 5.69 Å². The van der Waals surface area contributed by atoms with Crippen LogP contribution in [-0.4, -0.2) is 27.3 Å².